The summed E-state index contributed by atoms with van der Waals surface area (Å²) in [5, 5.41) is 18.3. The van der Waals surface area contributed by atoms with E-state index in [0.717, 1.165) is 23.7 Å². The number of nitriles is 2. The third-order valence-corrected chi connectivity index (χ3v) is 4.39. The van der Waals surface area contributed by atoms with Gasteiger partial charge < -0.3 is 4.90 Å². The van der Waals surface area contributed by atoms with E-state index in [2.05, 4.69) is 36.2 Å². The lowest BCUT2D eigenvalue weighted by Gasteiger charge is -2.16. The summed E-state index contributed by atoms with van der Waals surface area (Å²) in [6.45, 7) is 1.79. The van der Waals surface area contributed by atoms with Gasteiger partial charge in [-0.1, -0.05) is 36.4 Å². The summed E-state index contributed by atoms with van der Waals surface area (Å²) in [5.41, 5.74) is 2.44. The molecule has 0 atom stereocenters. The van der Waals surface area contributed by atoms with Crippen molar-refractivity contribution in [3.63, 3.8) is 0 Å². The molecule has 0 saturated heterocycles. The lowest BCUT2D eigenvalue weighted by Crippen LogP contribution is -2.20. The molecule has 2 rings (SSSR count). The maximum absolute atomic E-state index is 9.16. The lowest BCUT2D eigenvalue weighted by atomic mass is 10.1. The van der Waals surface area contributed by atoms with Gasteiger partial charge in [0.2, 0.25) is 0 Å². The summed E-state index contributed by atoms with van der Waals surface area (Å²) in [4.78, 5) is 3.03. The Hall–Kier alpha value is -2.27. The third kappa shape index (κ3) is 4.36. The minimum absolute atomic E-state index is 0.578. The van der Waals surface area contributed by atoms with Crippen LogP contribution in [0.15, 0.2) is 53.4 Å². The number of thioether (sulfide) groups is 1. The Balaban J connectivity index is 1.92. The van der Waals surface area contributed by atoms with Crippen molar-refractivity contribution in [2.45, 2.75) is 11.4 Å². The first kappa shape index (κ1) is 16.1. The molecule has 0 heterocycles. The van der Waals surface area contributed by atoms with E-state index in [4.69, 9.17) is 10.5 Å². The highest BCUT2D eigenvalue weighted by Crippen LogP contribution is 2.26. The molecule has 22 heavy (non-hydrogen) atoms. The van der Waals surface area contributed by atoms with Gasteiger partial charge in [0.25, 0.3) is 0 Å². The molecular formula is C18H17N3S. The molecule has 0 unspecified atom stereocenters. The van der Waals surface area contributed by atoms with Crippen molar-refractivity contribution in [2.24, 2.45) is 0 Å². The van der Waals surface area contributed by atoms with Gasteiger partial charge in [-0.25, -0.2) is 0 Å². The van der Waals surface area contributed by atoms with E-state index >= 15 is 0 Å². The predicted molar refractivity (Wildman–Crippen MR) is 89.4 cm³/mol. The summed E-state index contributed by atoms with van der Waals surface area (Å²) in [7, 11) is 2.08. The number of hydrogen-bond acceptors (Lipinski definition) is 4. The highest BCUT2D eigenvalue weighted by molar-refractivity contribution is 7.99. The largest absolute Gasteiger partial charge is 0.301 e. The Morgan fingerprint density at radius 3 is 2.18 bits per heavy atom. The highest BCUT2D eigenvalue weighted by atomic mass is 32.2. The number of benzene rings is 2. The zero-order valence-electron chi connectivity index (χ0n) is 12.5. The van der Waals surface area contributed by atoms with Gasteiger partial charge in [0.1, 0.15) is 12.1 Å². The molecule has 0 aliphatic heterocycles. The molecule has 2 aromatic rings. The van der Waals surface area contributed by atoms with Crippen LogP contribution in [0.25, 0.3) is 0 Å². The van der Waals surface area contributed by atoms with E-state index in [-0.39, 0.29) is 0 Å². The van der Waals surface area contributed by atoms with E-state index in [9.17, 15) is 0 Å². The van der Waals surface area contributed by atoms with Crippen molar-refractivity contribution in [1.29, 1.82) is 10.5 Å². The first-order valence-electron chi connectivity index (χ1n) is 7.03. The van der Waals surface area contributed by atoms with Gasteiger partial charge in [-0.3, -0.25) is 0 Å². The van der Waals surface area contributed by atoms with Crippen molar-refractivity contribution in [3.8, 4) is 12.1 Å². The normalized spacial score (nSPS) is 10.2. The van der Waals surface area contributed by atoms with Crippen LogP contribution in [0.3, 0.4) is 0 Å². The molecule has 110 valence electrons. The molecule has 0 N–H and O–H groups in total. The Labute approximate surface area is 135 Å². The van der Waals surface area contributed by atoms with Crippen molar-refractivity contribution >= 4 is 11.8 Å². The van der Waals surface area contributed by atoms with Crippen molar-refractivity contribution < 1.29 is 0 Å². The van der Waals surface area contributed by atoms with Crippen LogP contribution in [0, 0.1) is 22.7 Å². The maximum Gasteiger partial charge on any atom is 0.100 e. The van der Waals surface area contributed by atoms with E-state index < -0.39 is 0 Å². The molecule has 3 nitrogen and oxygen atoms in total. The van der Waals surface area contributed by atoms with E-state index in [1.165, 1.54) is 5.56 Å². The molecule has 0 amide bonds. The summed E-state index contributed by atoms with van der Waals surface area (Å²) in [6, 6.07) is 19.9. The zero-order valence-corrected chi connectivity index (χ0v) is 13.3. The van der Waals surface area contributed by atoms with Gasteiger partial charge in [-0.05, 0) is 24.7 Å². The van der Waals surface area contributed by atoms with Crippen molar-refractivity contribution in [1.82, 2.24) is 4.90 Å². The third-order valence-electron chi connectivity index (χ3n) is 3.27. The standard InChI is InChI=1S/C18H17N3S/c1-21(14-15-6-3-2-4-7-15)10-11-22-18-16(12-19)8-5-9-17(18)13-20/h2-9H,10-11,14H2,1H3. The quantitative estimate of drug-likeness (QED) is 0.764. The average Bonchev–Trinajstić information content (AvgIpc) is 2.55. The highest BCUT2D eigenvalue weighted by Gasteiger charge is 2.09. The van der Waals surface area contributed by atoms with Crippen LogP contribution in [-0.4, -0.2) is 24.2 Å². The SMILES string of the molecule is CN(CCSc1c(C#N)cccc1C#N)Cc1ccccc1. The van der Waals surface area contributed by atoms with Gasteiger partial charge >= 0.3 is 0 Å². The maximum atomic E-state index is 9.16. The predicted octanol–water partition coefficient (Wildman–Crippen LogP) is 3.65. The van der Waals surface area contributed by atoms with Crippen LogP contribution >= 0.6 is 11.8 Å². The molecule has 0 aromatic heterocycles. The molecule has 0 bridgehead atoms. The Kier molecular flexibility index (Phi) is 6.03. The molecule has 2 aromatic carbocycles. The molecule has 0 spiro atoms. The zero-order chi connectivity index (χ0) is 15.8. The van der Waals surface area contributed by atoms with Crippen LogP contribution in [0.4, 0.5) is 0 Å². The van der Waals surface area contributed by atoms with Crippen LogP contribution in [0.2, 0.25) is 0 Å². The Bertz CT molecular complexity index is 666. The molecule has 0 saturated carbocycles. The minimum atomic E-state index is 0.578. The number of hydrogen-bond donors (Lipinski definition) is 0. The van der Waals surface area contributed by atoms with E-state index in [1.807, 2.05) is 18.2 Å². The molecule has 0 fully saturated rings. The first-order valence-corrected chi connectivity index (χ1v) is 8.01. The summed E-state index contributed by atoms with van der Waals surface area (Å²) in [6.07, 6.45) is 0. The van der Waals surface area contributed by atoms with Gasteiger partial charge in [0.05, 0.1) is 11.1 Å². The molecule has 0 aliphatic rings. The fourth-order valence-corrected chi connectivity index (χ4v) is 3.29. The second-order valence-corrected chi connectivity index (χ2v) is 6.08. The molecule has 0 radical (unpaired) electrons. The Morgan fingerprint density at radius 2 is 1.59 bits per heavy atom. The fourth-order valence-electron chi connectivity index (χ4n) is 2.15. The summed E-state index contributed by atoms with van der Waals surface area (Å²) < 4.78 is 0. The van der Waals surface area contributed by atoms with E-state index in [1.54, 1.807) is 30.0 Å². The van der Waals surface area contributed by atoms with E-state index in [0.29, 0.717) is 11.1 Å². The van der Waals surface area contributed by atoms with Crippen LogP contribution < -0.4 is 0 Å². The van der Waals surface area contributed by atoms with Gasteiger partial charge in [-0.15, -0.1) is 11.8 Å². The topological polar surface area (TPSA) is 50.8 Å². The lowest BCUT2D eigenvalue weighted by molar-refractivity contribution is 0.348. The Morgan fingerprint density at radius 1 is 0.955 bits per heavy atom. The monoisotopic (exact) mass is 307 g/mol. The second-order valence-electron chi connectivity index (χ2n) is 4.98. The minimum Gasteiger partial charge on any atom is -0.301 e. The van der Waals surface area contributed by atoms with Gasteiger partial charge in [0.15, 0.2) is 0 Å². The van der Waals surface area contributed by atoms with Crippen molar-refractivity contribution in [2.75, 3.05) is 19.3 Å². The first-order chi connectivity index (χ1) is 10.7. The van der Waals surface area contributed by atoms with Crippen LogP contribution in [0.1, 0.15) is 16.7 Å². The summed E-state index contributed by atoms with van der Waals surface area (Å²) >= 11 is 1.58. The number of rotatable bonds is 6. The summed E-state index contributed by atoms with van der Waals surface area (Å²) in [5.74, 6) is 0.844. The van der Waals surface area contributed by atoms with Crippen LogP contribution in [-0.2, 0) is 6.54 Å². The smallest absolute Gasteiger partial charge is 0.100 e. The molecule has 4 heteroatoms. The van der Waals surface area contributed by atoms with Crippen LogP contribution in [0.5, 0.6) is 0 Å². The fraction of sp³-hybridized carbons (Fsp3) is 0.222. The van der Waals surface area contributed by atoms with Gasteiger partial charge in [0, 0.05) is 23.7 Å². The van der Waals surface area contributed by atoms with Gasteiger partial charge in [-0.2, -0.15) is 10.5 Å². The average molecular weight is 307 g/mol. The van der Waals surface area contributed by atoms with Crippen molar-refractivity contribution in [3.05, 3.63) is 65.2 Å². The second kappa shape index (κ2) is 8.24. The molecular weight excluding hydrogens is 290 g/mol. The molecule has 0 aliphatic carbocycles. The number of nitrogens with zero attached hydrogens (tertiary/aromatic N) is 3.